The van der Waals surface area contributed by atoms with E-state index >= 15 is 0 Å². The van der Waals surface area contributed by atoms with E-state index in [2.05, 4.69) is 18.2 Å². The van der Waals surface area contributed by atoms with Crippen molar-refractivity contribution in [3.05, 3.63) is 64.2 Å². The Morgan fingerprint density at radius 1 is 1.21 bits per heavy atom. The largest absolute Gasteiger partial charge is 0.494 e. The summed E-state index contributed by atoms with van der Waals surface area (Å²) in [7, 11) is 0. The summed E-state index contributed by atoms with van der Waals surface area (Å²) in [6.45, 7) is 2.71. The zero-order chi connectivity index (χ0) is 20.4. The number of hydrogen-bond acceptors (Lipinski definition) is 4. The van der Waals surface area contributed by atoms with Gasteiger partial charge in [-0.1, -0.05) is 35.9 Å². The molecule has 2 N–H and O–H groups in total. The molecule has 1 heterocycles. The highest BCUT2D eigenvalue weighted by Crippen LogP contribution is 2.54. The van der Waals surface area contributed by atoms with Crippen LogP contribution >= 0.6 is 11.6 Å². The molecule has 1 aliphatic heterocycles. The fourth-order valence-corrected chi connectivity index (χ4v) is 5.00. The number of fused-ring (bicyclic) bond motifs is 1. The van der Waals surface area contributed by atoms with Crippen LogP contribution in [0.25, 0.3) is 0 Å². The van der Waals surface area contributed by atoms with Crippen LogP contribution in [0.15, 0.2) is 42.5 Å². The van der Waals surface area contributed by atoms with Crippen molar-refractivity contribution in [3.63, 3.8) is 0 Å². The second-order valence-corrected chi connectivity index (χ2v) is 8.60. The highest BCUT2D eigenvalue weighted by molar-refractivity contribution is 6.31. The van der Waals surface area contributed by atoms with Gasteiger partial charge < -0.3 is 19.7 Å². The molecule has 2 aromatic carbocycles. The van der Waals surface area contributed by atoms with E-state index in [1.54, 1.807) is 0 Å². The molecule has 0 amide bonds. The van der Waals surface area contributed by atoms with E-state index in [0.717, 1.165) is 46.7 Å². The summed E-state index contributed by atoms with van der Waals surface area (Å²) < 4.78 is 12.0. The topological polar surface area (TPSA) is 58.9 Å². The van der Waals surface area contributed by atoms with Gasteiger partial charge in [-0.05, 0) is 67.5 Å². The molecule has 4 rings (SSSR count). The molecular formula is C24H29ClO4. The summed E-state index contributed by atoms with van der Waals surface area (Å²) in [6.07, 6.45) is 3.19. The average Bonchev–Trinajstić information content (AvgIpc) is 2.68. The molecule has 0 spiro atoms. The second-order valence-electron chi connectivity index (χ2n) is 8.20. The molecule has 29 heavy (non-hydrogen) atoms. The van der Waals surface area contributed by atoms with Crippen molar-refractivity contribution in [1.82, 2.24) is 0 Å². The first-order valence-corrected chi connectivity index (χ1v) is 10.9. The van der Waals surface area contributed by atoms with Gasteiger partial charge in [-0.15, -0.1) is 0 Å². The van der Waals surface area contributed by atoms with Gasteiger partial charge in [-0.25, -0.2) is 0 Å². The lowest BCUT2D eigenvalue weighted by Crippen LogP contribution is -2.59. The summed E-state index contributed by atoms with van der Waals surface area (Å²) in [5, 5.41) is 20.9. The Balaban J connectivity index is 1.53. The summed E-state index contributed by atoms with van der Waals surface area (Å²) >= 11 is 6.49. The molecule has 2 fully saturated rings. The number of aliphatic hydroxyl groups excluding tert-OH is 2. The monoisotopic (exact) mass is 416 g/mol. The zero-order valence-corrected chi connectivity index (χ0v) is 17.6. The number of hydrogen-bond donors (Lipinski definition) is 2. The van der Waals surface area contributed by atoms with Crippen LogP contribution in [0.4, 0.5) is 0 Å². The Labute approximate surface area is 177 Å². The second kappa shape index (κ2) is 8.65. The predicted molar refractivity (Wildman–Crippen MR) is 113 cm³/mol. The fourth-order valence-electron chi connectivity index (χ4n) is 4.82. The average molecular weight is 417 g/mol. The SMILES string of the molecule is CCOc1ccc(Cc2cc(C3CC(O)[C@H]4CCC4(CCO)O3)ccc2Cl)cc1. The smallest absolute Gasteiger partial charge is 0.119 e. The molecule has 3 unspecified atom stereocenters. The normalized spacial score (nSPS) is 28.5. The standard InChI is InChI=1S/C24H29ClO4/c1-2-28-19-6-3-16(4-7-19)13-18-14-17(5-8-21(18)25)23-15-22(27)20-9-10-24(20,29-23)11-12-26/h3-8,14,20,22-23,26-27H,2,9-13,15H2,1H3/t20-,22?,23?,24?/m1/s1. The Morgan fingerprint density at radius 3 is 2.66 bits per heavy atom. The van der Waals surface area contributed by atoms with Crippen LogP contribution in [0.2, 0.25) is 5.02 Å². The Morgan fingerprint density at radius 2 is 2.00 bits per heavy atom. The maximum Gasteiger partial charge on any atom is 0.119 e. The minimum Gasteiger partial charge on any atom is -0.494 e. The molecule has 0 aromatic heterocycles. The fraction of sp³-hybridized carbons (Fsp3) is 0.500. The molecule has 2 aliphatic rings. The van der Waals surface area contributed by atoms with E-state index in [9.17, 15) is 10.2 Å². The lowest BCUT2D eigenvalue weighted by molar-refractivity contribution is -0.254. The zero-order valence-electron chi connectivity index (χ0n) is 16.8. The quantitative estimate of drug-likeness (QED) is 0.687. The van der Waals surface area contributed by atoms with Gasteiger partial charge in [0.15, 0.2) is 0 Å². The van der Waals surface area contributed by atoms with Crippen molar-refractivity contribution in [3.8, 4) is 5.75 Å². The number of halogens is 1. The summed E-state index contributed by atoms with van der Waals surface area (Å²) in [6, 6.07) is 14.1. The highest BCUT2D eigenvalue weighted by Gasteiger charge is 2.55. The predicted octanol–water partition coefficient (Wildman–Crippen LogP) is 4.68. The van der Waals surface area contributed by atoms with E-state index < -0.39 is 0 Å². The maximum absolute atomic E-state index is 10.7. The van der Waals surface area contributed by atoms with Crippen molar-refractivity contribution >= 4 is 11.6 Å². The lowest BCUT2D eigenvalue weighted by Gasteiger charge is -2.56. The van der Waals surface area contributed by atoms with Crippen molar-refractivity contribution < 1.29 is 19.7 Å². The van der Waals surface area contributed by atoms with E-state index in [4.69, 9.17) is 21.1 Å². The van der Waals surface area contributed by atoms with Crippen LogP contribution < -0.4 is 4.74 Å². The Hall–Kier alpha value is -1.59. The lowest BCUT2D eigenvalue weighted by atomic mass is 9.62. The van der Waals surface area contributed by atoms with E-state index in [0.29, 0.717) is 19.4 Å². The van der Waals surface area contributed by atoms with Crippen LogP contribution in [0.3, 0.4) is 0 Å². The van der Waals surface area contributed by atoms with Gasteiger partial charge >= 0.3 is 0 Å². The highest BCUT2D eigenvalue weighted by atomic mass is 35.5. The molecule has 1 saturated carbocycles. The molecule has 2 aromatic rings. The van der Waals surface area contributed by atoms with Crippen molar-refractivity contribution in [2.24, 2.45) is 5.92 Å². The van der Waals surface area contributed by atoms with E-state index in [1.165, 1.54) is 0 Å². The summed E-state index contributed by atoms with van der Waals surface area (Å²) in [5.41, 5.74) is 2.86. The van der Waals surface area contributed by atoms with Crippen molar-refractivity contribution in [2.45, 2.75) is 56.8 Å². The molecule has 156 valence electrons. The maximum atomic E-state index is 10.7. The van der Waals surface area contributed by atoms with Crippen LogP contribution in [-0.4, -0.2) is 35.1 Å². The first-order valence-electron chi connectivity index (χ1n) is 10.5. The first kappa shape index (κ1) is 20.7. The number of benzene rings is 2. The third-order valence-electron chi connectivity index (χ3n) is 6.46. The van der Waals surface area contributed by atoms with Gasteiger partial charge in [0.1, 0.15) is 5.75 Å². The molecule has 5 heteroatoms. The van der Waals surface area contributed by atoms with Gasteiger partial charge in [-0.2, -0.15) is 0 Å². The van der Waals surface area contributed by atoms with Crippen molar-refractivity contribution in [1.29, 1.82) is 0 Å². The summed E-state index contributed by atoms with van der Waals surface area (Å²) in [5.74, 6) is 1.01. The van der Waals surface area contributed by atoms with Crippen LogP contribution in [0.5, 0.6) is 5.75 Å². The van der Waals surface area contributed by atoms with Crippen molar-refractivity contribution in [2.75, 3.05) is 13.2 Å². The molecular weight excluding hydrogens is 388 g/mol. The first-order chi connectivity index (χ1) is 14.0. The molecule has 4 nitrogen and oxygen atoms in total. The van der Waals surface area contributed by atoms with Crippen LogP contribution in [0.1, 0.15) is 55.4 Å². The minimum absolute atomic E-state index is 0.0829. The number of aliphatic hydroxyl groups is 2. The van der Waals surface area contributed by atoms with Gasteiger partial charge in [-0.3, -0.25) is 0 Å². The number of rotatable bonds is 7. The minimum atomic E-state index is -0.390. The molecule has 0 radical (unpaired) electrons. The van der Waals surface area contributed by atoms with E-state index in [1.807, 2.05) is 31.2 Å². The van der Waals surface area contributed by atoms with Gasteiger partial charge in [0.05, 0.1) is 24.4 Å². The molecule has 0 bridgehead atoms. The van der Waals surface area contributed by atoms with Gasteiger partial charge in [0.2, 0.25) is 0 Å². The van der Waals surface area contributed by atoms with Crippen LogP contribution in [0, 0.1) is 5.92 Å². The molecule has 1 saturated heterocycles. The third-order valence-corrected chi connectivity index (χ3v) is 6.83. The number of ether oxygens (including phenoxy) is 2. The summed E-state index contributed by atoms with van der Waals surface area (Å²) in [4.78, 5) is 0. The van der Waals surface area contributed by atoms with Gasteiger partial charge in [0.25, 0.3) is 0 Å². The third kappa shape index (κ3) is 4.17. The molecule has 1 aliphatic carbocycles. The Kier molecular flexibility index (Phi) is 6.16. The van der Waals surface area contributed by atoms with Gasteiger partial charge in [0, 0.05) is 24.0 Å². The van der Waals surface area contributed by atoms with Crippen LogP contribution in [-0.2, 0) is 11.2 Å². The molecule has 4 atom stereocenters. The Bertz CT molecular complexity index is 837. The van der Waals surface area contributed by atoms with E-state index in [-0.39, 0.29) is 30.3 Å².